The molecular weight excluding hydrogens is 566 g/mol. The third kappa shape index (κ3) is 9.72. The van der Waals surface area contributed by atoms with Crippen molar-refractivity contribution in [3.63, 3.8) is 0 Å². The van der Waals surface area contributed by atoms with Gasteiger partial charge in [0.2, 0.25) is 11.8 Å². The van der Waals surface area contributed by atoms with Crippen LogP contribution in [0, 0.1) is 0 Å². The number of imidazole rings is 1. The van der Waals surface area contributed by atoms with E-state index in [9.17, 15) is 14.4 Å². The summed E-state index contributed by atoms with van der Waals surface area (Å²) < 4.78 is 5.40. The minimum Gasteiger partial charge on any atom is -0.445 e. The molecule has 4 rings (SSSR count). The number of carbonyl (C=O) groups excluding carboxylic acids is 3. The minimum atomic E-state index is -1.03. The van der Waals surface area contributed by atoms with Crippen molar-refractivity contribution in [2.24, 2.45) is 0 Å². The van der Waals surface area contributed by atoms with Gasteiger partial charge in [-0.25, -0.2) is 9.78 Å². The van der Waals surface area contributed by atoms with Crippen molar-refractivity contribution in [1.82, 2.24) is 25.5 Å². The predicted octanol–water partition coefficient (Wildman–Crippen LogP) is 5.02. The number of nitrogens with zero attached hydrogens (tertiary/aromatic N) is 2. The quantitative estimate of drug-likeness (QED) is 0.199. The molecule has 0 aliphatic heterocycles. The molecule has 0 saturated carbocycles. The van der Waals surface area contributed by atoms with Crippen molar-refractivity contribution in [1.29, 1.82) is 0 Å². The molecule has 0 unspecified atom stereocenters. The monoisotopic (exact) mass is 601 g/mol. The molecule has 0 saturated heterocycles. The van der Waals surface area contributed by atoms with Crippen LogP contribution in [0.15, 0.2) is 97.5 Å². The molecule has 0 fully saturated rings. The fourth-order valence-electron chi connectivity index (χ4n) is 4.50. The molecule has 3 amide bonds. The second-order valence-corrected chi connectivity index (χ2v) is 11.3. The number of aromatic nitrogens is 2. The Morgan fingerprint density at radius 1 is 0.953 bits per heavy atom. The standard InChI is InChI=1S/C33H36ClN5O4/c1-33(2,26-11-7-4-8-12-26)22-36-30(40)20-39(19-24-13-15-27(34)16-14-24)31(41)29(17-28-18-35-23-37-28)38-32(42)43-21-25-9-5-3-6-10-25/h3-16,18,23,29H,17,19-22H2,1-2H3,(H,35,37)(H,36,40)(H,38,42)/t29-/m0/s1. The Bertz CT molecular complexity index is 1460. The maximum absolute atomic E-state index is 14.0. The summed E-state index contributed by atoms with van der Waals surface area (Å²) in [5, 5.41) is 6.23. The maximum atomic E-state index is 14.0. The number of H-pyrrole nitrogens is 1. The van der Waals surface area contributed by atoms with Crippen LogP contribution in [0.3, 0.4) is 0 Å². The highest BCUT2D eigenvalue weighted by atomic mass is 35.5. The van der Waals surface area contributed by atoms with E-state index in [2.05, 4.69) is 20.6 Å². The molecule has 3 N–H and O–H groups in total. The first-order valence-electron chi connectivity index (χ1n) is 14.0. The zero-order valence-electron chi connectivity index (χ0n) is 24.3. The molecular formula is C33H36ClN5O4. The smallest absolute Gasteiger partial charge is 0.408 e. The second-order valence-electron chi connectivity index (χ2n) is 10.9. The average molecular weight is 602 g/mol. The maximum Gasteiger partial charge on any atom is 0.408 e. The lowest BCUT2D eigenvalue weighted by Crippen LogP contribution is -2.52. The molecule has 0 aliphatic carbocycles. The van der Waals surface area contributed by atoms with E-state index in [1.807, 2.05) is 74.5 Å². The van der Waals surface area contributed by atoms with Crippen LogP contribution in [-0.2, 0) is 39.3 Å². The van der Waals surface area contributed by atoms with Gasteiger partial charge in [-0.2, -0.15) is 0 Å². The molecule has 1 aromatic heterocycles. The number of amides is 3. The number of hydrogen-bond donors (Lipinski definition) is 3. The van der Waals surface area contributed by atoms with Crippen LogP contribution in [0.2, 0.25) is 5.02 Å². The third-order valence-electron chi connectivity index (χ3n) is 6.99. The summed E-state index contributed by atoms with van der Waals surface area (Å²) in [4.78, 5) is 48.6. The topological polar surface area (TPSA) is 116 Å². The van der Waals surface area contributed by atoms with Gasteiger partial charge in [0, 0.05) is 36.1 Å². The molecule has 1 atom stereocenters. The average Bonchev–Trinajstić information content (AvgIpc) is 3.53. The van der Waals surface area contributed by atoms with Crippen LogP contribution >= 0.6 is 11.6 Å². The minimum absolute atomic E-state index is 0.0457. The summed E-state index contributed by atoms with van der Waals surface area (Å²) in [5.74, 6) is -0.774. The van der Waals surface area contributed by atoms with E-state index < -0.39 is 18.0 Å². The number of rotatable bonds is 13. The Morgan fingerprint density at radius 3 is 2.28 bits per heavy atom. The number of halogens is 1. The summed E-state index contributed by atoms with van der Waals surface area (Å²) in [7, 11) is 0. The van der Waals surface area contributed by atoms with E-state index in [-0.39, 0.29) is 37.4 Å². The summed E-state index contributed by atoms with van der Waals surface area (Å²) in [6.07, 6.45) is 2.50. The molecule has 43 heavy (non-hydrogen) atoms. The van der Waals surface area contributed by atoms with Gasteiger partial charge >= 0.3 is 6.09 Å². The lowest BCUT2D eigenvalue weighted by Gasteiger charge is -2.29. The van der Waals surface area contributed by atoms with Gasteiger partial charge in [0.05, 0.1) is 18.6 Å². The molecule has 10 heteroatoms. The SMILES string of the molecule is CC(C)(CNC(=O)CN(Cc1ccc(Cl)cc1)C(=O)[C@H](Cc1c[nH]cn1)NC(=O)OCc1ccccc1)c1ccccc1. The van der Waals surface area contributed by atoms with Crippen molar-refractivity contribution in [2.45, 2.75) is 44.9 Å². The first kappa shape index (κ1) is 31.3. The zero-order chi connectivity index (χ0) is 30.7. The summed E-state index contributed by atoms with van der Waals surface area (Å²) >= 11 is 6.07. The Labute approximate surface area is 256 Å². The molecule has 0 radical (unpaired) electrons. The van der Waals surface area contributed by atoms with Gasteiger partial charge in [0.15, 0.2) is 0 Å². The number of carbonyl (C=O) groups is 3. The summed E-state index contributed by atoms with van der Waals surface area (Å²) in [6.45, 7) is 4.42. The van der Waals surface area contributed by atoms with Crippen LogP contribution in [-0.4, -0.2) is 51.9 Å². The molecule has 9 nitrogen and oxygen atoms in total. The van der Waals surface area contributed by atoms with E-state index in [1.165, 1.54) is 11.2 Å². The number of aromatic amines is 1. The first-order valence-corrected chi connectivity index (χ1v) is 14.4. The third-order valence-corrected chi connectivity index (χ3v) is 7.24. The number of alkyl carbamates (subject to hydrolysis) is 1. The lowest BCUT2D eigenvalue weighted by atomic mass is 9.84. The van der Waals surface area contributed by atoms with Gasteiger partial charge in [-0.15, -0.1) is 0 Å². The highest BCUT2D eigenvalue weighted by Gasteiger charge is 2.30. The van der Waals surface area contributed by atoms with Crippen molar-refractivity contribution >= 4 is 29.5 Å². The Balaban J connectivity index is 1.49. The van der Waals surface area contributed by atoms with Crippen LogP contribution in [0.1, 0.15) is 36.2 Å². The molecule has 1 heterocycles. The Hall–Kier alpha value is -4.63. The van der Waals surface area contributed by atoms with Gasteiger partial charge in [-0.05, 0) is 28.8 Å². The van der Waals surface area contributed by atoms with E-state index in [0.29, 0.717) is 17.3 Å². The van der Waals surface area contributed by atoms with E-state index in [4.69, 9.17) is 16.3 Å². The van der Waals surface area contributed by atoms with E-state index >= 15 is 0 Å². The van der Waals surface area contributed by atoms with Gasteiger partial charge in [0.25, 0.3) is 0 Å². The molecule has 4 aromatic rings. The molecule has 224 valence electrons. The van der Waals surface area contributed by atoms with Crippen LogP contribution < -0.4 is 10.6 Å². The van der Waals surface area contributed by atoms with Crippen LogP contribution in [0.5, 0.6) is 0 Å². The summed E-state index contributed by atoms with van der Waals surface area (Å²) in [5.41, 5.74) is 2.92. The van der Waals surface area contributed by atoms with Gasteiger partial charge in [-0.1, -0.05) is 98.2 Å². The van der Waals surface area contributed by atoms with E-state index in [1.54, 1.807) is 30.5 Å². The van der Waals surface area contributed by atoms with Gasteiger partial charge < -0.3 is 25.3 Å². The number of nitrogens with one attached hydrogen (secondary N) is 3. The predicted molar refractivity (Wildman–Crippen MR) is 165 cm³/mol. The highest BCUT2D eigenvalue weighted by molar-refractivity contribution is 6.30. The van der Waals surface area contributed by atoms with Crippen molar-refractivity contribution < 1.29 is 19.1 Å². The largest absolute Gasteiger partial charge is 0.445 e. The zero-order valence-corrected chi connectivity index (χ0v) is 25.0. The number of hydrogen-bond acceptors (Lipinski definition) is 5. The van der Waals surface area contributed by atoms with E-state index in [0.717, 1.165) is 16.7 Å². The molecule has 0 spiro atoms. The molecule has 0 aliphatic rings. The first-order chi connectivity index (χ1) is 20.7. The lowest BCUT2D eigenvalue weighted by molar-refractivity contribution is -0.138. The fourth-order valence-corrected chi connectivity index (χ4v) is 4.63. The Morgan fingerprint density at radius 2 is 1.63 bits per heavy atom. The normalized spacial score (nSPS) is 11.8. The van der Waals surface area contributed by atoms with Crippen molar-refractivity contribution in [2.75, 3.05) is 13.1 Å². The van der Waals surface area contributed by atoms with Crippen molar-refractivity contribution in [3.8, 4) is 0 Å². The van der Waals surface area contributed by atoms with Gasteiger partial charge in [-0.3, -0.25) is 9.59 Å². The van der Waals surface area contributed by atoms with Crippen LogP contribution in [0.25, 0.3) is 0 Å². The number of benzene rings is 3. The Kier molecular flexibility index (Phi) is 10.9. The number of ether oxygens (including phenoxy) is 1. The second kappa shape index (κ2) is 15.0. The van der Waals surface area contributed by atoms with Gasteiger partial charge in [0.1, 0.15) is 12.6 Å². The van der Waals surface area contributed by atoms with Crippen molar-refractivity contribution in [3.05, 3.63) is 125 Å². The summed E-state index contributed by atoms with van der Waals surface area (Å²) in [6, 6.07) is 25.2. The fraction of sp³-hybridized carbons (Fsp3) is 0.273. The van der Waals surface area contributed by atoms with Crippen LogP contribution in [0.4, 0.5) is 4.79 Å². The molecule has 0 bridgehead atoms. The highest BCUT2D eigenvalue weighted by Crippen LogP contribution is 2.22. The molecule has 3 aromatic carbocycles.